The third-order valence-electron chi connectivity index (χ3n) is 3.59. The van der Waals surface area contributed by atoms with Gasteiger partial charge in [0.25, 0.3) is 5.91 Å². The summed E-state index contributed by atoms with van der Waals surface area (Å²) < 4.78 is 6.04. The molecule has 1 N–H and O–H groups in total. The van der Waals surface area contributed by atoms with Gasteiger partial charge in [-0.2, -0.15) is 0 Å². The molecule has 1 aromatic heterocycles. The lowest BCUT2D eigenvalue weighted by molar-refractivity contribution is -0.148. The third kappa shape index (κ3) is 2.22. The third-order valence-corrected chi connectivity index (χ3v) is 4.38. The second-order valence-corrected chi connectivity index (χ2v) is 5.65. The first kappa shape index (κ1) is 14.7. The number of carbonyl (C=O) groups excluding carboxylic acids is 1. The van der Waals surface area contributed by atoms with E-state index in [-0.39, 0.29) is 12.2 Å². The summed E-state index contributed by atoms with van der Waals surface area (Å²) in [6, 6.07) is 1.55. The largest absolute Gasteiger partial charge is 0.479 e. The van der Waals surface area contributed by atoms with Gasteiger partial charge in [0.2, 0.25) is 0 Å². The number of terminal acetylenes is 1. The first-order valence-corrected chi connectivity index (χ1v) is 6.96. The number of aliphatic carboxylic acids is 1. The molecule has 1 unspecified atom stereocenters. The molecule has 0 bridgehead atoms. The minimum absolute atomic E-state index is 0.00503. The number of hydrogen-bond acceptors (Lipinski definition) is 3. The molecule has 0 saturated carbocycles. The van der Waals surface area contributed by atoms with Gasteiger partial charge in [0.1, 0.15) is 5.76 Å². The number of furan rings is 1. The van der Waals surface area contributed by atoms with E-state index in [1.165, 1.54) is 4.90 Å². The molecule has 0 spiro atoms. The maximum atomic E-state index is 12.5. The number of rotatable bonds is 3. The molecule has 1 fully saturated rings. The Balaban J connectivity index is 2.37. The number of nitrogens with zero attached hydrogens (tertiary/aromatic N) is 1. The van der Waals surface area contributed by atoms with Crippen molar-refractivity contribution in [2.75, 3.05) is 6.54 Å². The Kier molecular flexibility index (Phi) is 3.91. The van der Waals surface area contributed by atoms with Gasteiger partial charge in [0.15, 0.2) is 11.3 Å². The highest BCUT2D eigenvalue weighted by Gasteiger charge is 2.50. The van der Waals surface area contributed by atoms with Crippen LogP contribution in [-0.2, 0) is 4.79 Å². The normalized spacial score (nSPS) is 21.8. The molecule has 2 heterocycles. The van der Waals surface area contributed by atoms with E-state index < -0.39 is 17.4 Å². The van der Waals surface area contributed by atoms with Crippen LogP contribution in [-0.4, -0.2) is 34.0 Å². The van der Waals surface area contributed by atoms with Crippen molar-refractivity contribution in [2.45, 2.75) is 31.7 Å². The molecule has 0 aliphatic carbocycles. The number of carboxylic acid groups (broad SMARTS) is 1. The highest BCUT2D eigenvalue weighted by molar-refractivity contribution is 9.10. The van der Waals surface area contributed by atoms with E-state index in [1.54, 1.807) is 13.0 Å². The number of aryl methyl sites for hydroxylation is 1. The van der Waals surface area contributed by atoms with Crippen molar-refractivity contribution in [1.29, 1.82) is 0 Å². The van der Waals surface area contributed by atoms with Crippen LogP contribution in [0.5, 0.6) is 0 Å². The van der Waals surface area contributed by atoms with Gasteiger partial charge in [-0.05, 0) is 35.7 Å². The summed E-state index contributed by atoms with van der Waals surface area (Å²) in [7, 11) is 0. The molecule has 1 atom stereocenters. The standard InChI is InChI=1S/C14H14BrNO4/c1-3-5-14(13(18)19)6-4-7-16(14)12(17)11-8-10(15)9(2)20-11/h1,8H,4-7H2,2H3,(H,18,19). The number of carboxylic acids is 1. The minimum atomic E-state index is -1.32. The SMILES string of the molecule is C#CCC1(C(=O)O)CCCN1C(=O)c1cc(Br)c(C)o1. The number of carbonyl (C=O) groups is 2. The number of halogens is 1. The summed E-state index contributed by atoms with van der Waals surface area (Å²) >= 11 is 3.27. The van der Waals surface area contributed by atoms with Crippen molar-refractivity contribution >= 4 is 27.8 Å². The average molecular weight is 340 g/mol. The lowest BCUT2D eigenvalue weighted by Gasteiger charge is -2.32. The predicted molar refractivity (Wildman–Crippen MR) is 75.2 cm³/mol. The smallest absolute Gasteiger partial charge is 0.330 e. The van der Waals surface area contributed by atoms with E-state index in [1.807, 2.05) is 0 Å². The fourth-order valence-corrected chi connectivity index (χ4v) is 2.81. The van der Waals surface area contributed by atoms with Crippen LogP contribution >= 0.6 is 15.9 Å². The van der Waals surface area contributed by atoms with Crippen molar-refractivity contribution in [1.82, 2.24) is 4.90 Å². The molecule has 106 valence electrons. The van der Waals surface area contributed by atoms with Crippen LogP contribution in [0.25, 0.3) is 0 Å². The lowest BCUT2D eigenvalue weighted by Crippen LogP contribution is -2.52. The van der Waals surface area contributed by atoms with Gasteiger partial charge >= 0.3 is 5.97 Å². The molecule has 1 amide bonds. The number of amides is 1. The van der Waals surface area contributed by atoms with Crippen molar-refractivity contribution in [3.63, 3.8) is 0 Å². The monoisotopic (exact) mass is 339 g/mol. The van der Waals surface area contributed by atoms with E-state index in [0.29, 0.717) is 29.6 Å². The Labute approximate surface area is 125 Å². The molecule has 5 nitrogen and oxygen atoms in total. The van der Waals surface area contributed by atoms with E-state index >= 15 is 0 Å². The Morgan fingerprint density at radius 1 is 1.65 bits per heavy atom. The zero-order valence-electron chi connectivity index (χ0n) is 11.0. The molecule has 6 heteroatoms. The fraction of sp³-hybridized carbons (Fsp3) is 0.429. The molecular weight excluding hydrogens is 326 g/mol. The topological polar surface area (TPSA) is 70.8 Å². The van der Waals surface area contributed by atoms with Crippen LogP contribution in [0, 0.1) is 19.3 Å². The summed E-state index contributed by atoms with van der Waals surface area (Å²) in [5.41, 5.74) is -1.32. The lowest BCUT2D eigenvalue weighted by atomic mass is 9.92. The van der Waals surface area contributed by atoms with Crippen LogP contribution in [0.3, 0.4) is 0 Å². The quantitative estimate of drug-likeness (QED) is 0.858. The van der Waals surface area contributed by atoms with E-state index in [0.717, 1.165) is 0 Å². The number of likely N-dealkylation sites (tertiary alicyclic amines) is 1. The molecule has 0 aromatic carbocycles. The van der Waals surface area contributed by atoms with Crippen LogP contribution in [0.1, 0.15) is 35.6 Å². The van der Waals surface area contributed by atoms with Crippen LogP contribution < -0.4 is 0 Å². The van der Waals surface area contributed by atoms with Crippen molar-refractivity contribution in [2.24, 2.45) is 0 Å². The summed E-state index contributed by atoms with van der Waals surface area (Å²) in [6.07, 6.45) is 6.25. The van der Waals surface area contributed by atoms with Crippen LogP contribution in [0.2, 0.25) is 0 Å². The number of hydrogen-bond donors (Lipinski definition) is 1. The van der Waals surface area contributed by atoms with Gasteiger partial charge in [-0.1, -0.05) is 0 Å². The van der Waals surface area contributed by atoms with Crippen LogP contribution in [0.15, 0.2) is 15.0 Å². The zero-order valence-corrected chi connectivity index (χ0v) is 12.6. The highest BCUT2D eigenvalue weighted by Crippen LogP contribution is 2.35. The molecule has 0 radical (unpaired) electrons. The second-order valence-electron chi connectivity index (χ2n) is 4.79. The molecule has 1 saturated heterocycles. The Morgan fingerprint density at radius 2 is 2.35 bits per heavy atom. The Hall–Kier alpha value is -1.74. The van der Waals surface area contributed by atoms with Gasteiger partial charge in [-0.15, -0.1) is 12.3 Å². The van der Waals surface area contributed by atoms with Gasteiger partial charge in [-0.25, -0.2) is 4.79 Å². The molecule has 20 heavy (non-hydrogen) atoms. The Morgan fingerprint density at radius 3 is 2.85 bits per heavy atom. The average Bonchev–Trinajstić information content (AvgIpc) is 2.95. The Bertz CT molecular complexity index is 581. The maximum Gasteiger partial charge on any atom is 0.330 e. The van der Waals surface area contributed by atoms with E-state index in [2.05, 4.69) is 21.9 Å². The molecular formula is C14H14BrNO4. The molecule has 1 aliphatic heterocycles. The fourth-order valence-electron chi connectivity index (χ4n) is 2.52. The van der Waals surface area contributed by atoms with Gasteiger partial charge in [0, 0.05) is 19.0 Å². The first-order chi connectivity index (χ1) is 9.42. The van der Waals surface area contributed by atoms with Gasteiger partial charge < -0.3 is 14.4 Å². The first-order valence-electron chi connectivity index (χ1n) is 6.17. The van der Waals surface area contributed by atoms with Crippen molar-refractivity contribution in [3.8, 4) is 12.3 Å². The minimum Gasteiger partial charge on any atom is -0.479 e. The summed E-state index contributed by atoms with van der Waals surface area (Å²) in [6.45, 7) is 2.08. The molecule has 2 rings (SSSR count). The second kappa shape index (κ2) is 5.33. The zero-order chi connectivity index (χ0) is 14.9. The van der Waals surface area contributed by atoms with Gasteiger partial charge in [-0.3, -0.25) is 4.79 Å². The predicted octanol–water partition coefficient (Wildman–Crippen LogP) is 2.43. The highest BCUT2D eigenvalue weighted by atomic mass is 79.9. The van der Waals surface area contributed by atoms with Gasteiger partial charge in [0.05, 0.1) is 4.47 Å². The summed E-state index contributed by atoms with van der Waals surface area (Å²) in [5, 5.41) is 9.49. The van der Waals surface area contributed by atoms with Crippen molar-refractivity contribution < 1.29 is 19.1 Å². The maximum absolute atomic E-state index is 12.5. The van der Waals surface area contributed by atoms with Crippen molar-refractivity contribution in [3.05, 3.63) is 22.1 Å². The summed E-state index contributed by atoms with van der Waals surface area (Å²) in [5.74, 6) is 1.57. The summed E-state index contributed by atoms with van der Waals surface area (Å²) in [4.78, 5) is 25.4. The molecule has 1 aliphatic rings. The van der Waals surface area contributed by atoms with Crippen LogP contribution in [0.4, 0.5) is 0 Å². The molecule has 1 aromatic rings. The van der Waals surface area contributed by atoms with E-state index in [9.17, 15) is 14.7 Å². The van der Waals surface area contributed by atoms with E-state index in [4.69, 9.17) is 10.8 Å².